The summed E-state index contributed by atoms with van der Waals surface area (Å²) in [4.78, 5) is 12.7. The van der Waals surface area contributed by atoms with Gasteiger partial charge >= 0.3 is 0 Å². The van der Waals surface area contributed by atoms with Gasteiger partial charge in [0.2, 0.25) is 0 Å². The van der Waals surface area contributed by atoms with Crippen molar-refractivity contribution in [2.75, 3.05) is 12.4 Å². The van der Waals surface area contributed by atoms with Gasteiger partial charge < -0.3 is 10.1 Å². The number of benzene rings is 1. The number of methoxy groups -OCH3 is 1. The number of ether oxygens (including phenoxy) is 1. The molecule has 0 saturated carbocycles. The molecule has 0 aliphatic carbocycles. The van der Waals surface area contributed by atoms with Crippen molar-refractivity contribution < 1.29 is 9.53 Å². The number of nitrogens with one attached hydrogen (secondary N) is 1. The van der Waals surface area contributed by atoms with Gasteiger partial charge in [-0.1, -0.05) is 23.7 Å². The van der Waals surface area contributed by atoms with E-state index in [1.54, 1.807) is 21.1 Å². The lowest BCUT2D eigenvalue weighted by atomic mass is 10.2. The Balaban J connectivity index is 1.86. The van der Waals surface area contributed by atoms with Gasteiger partial charge in [0.05, 0.1) is 41.4 Å². The molecule has 2 heterocycles. The van der Waals surface area contributed by atoms with Crippen LogP contribution in [0.2, 0.25) is 5.02 Å². The van der Waals surface area contributed by atoms with Gasteiger partial charge in [0.1, 0.15) is 11.4 Å². The van der Waals surface area contributed by atoms with E-state index in [2.05, 4.69) is 15.5 Å². The molecule has 1 amide bonds. The van der Waals surface area contributed by atoms with E-state index in [4.69, 9.17) is 16.3 Å². The number of anilines is 1. The second-order valence-electron chi connectivity index (χ2n) is 6.38. The summed E-state index contributed by atoms with van der Waals surface area (Å²) >= 11 is 6.22. The maximum absolute atomic E-state index is 12.7. The highest BCUT2D eigenvalue weighted by molar-refractivity contribution is 6.34. The number of halogens is 1. The van der Waals surface area contributed by atoms with E-state index in [0.717, 1.165) is 22.7 Å². The van der Waals surface area contributed by atoms with Gasteiger partial charge in [-0.25, -0.2) is 0 Å². The fraction of sp³-hybridized carbons (Fsp3) is 0.316. The van der Waals surface area contributed by atoms with Gasteiger partial charge in [0, 0.05) is 7.05 Å². The van der Waals surface area contributed by atoms with Crippen molar-refractivity contribution in [2.24, 2.45) is 7.05 Å². The maximum Gasteiger partial charge on any atom is 0.275 e. The van der Waals surface area contributed by atoms with Gasteiger partial charge in [-0.05, 0) is 38.5 Å². The third kappa shape index (κ3) is 3.68. The summed E-state index contributed by atoms with van der Waals surface area (Å²) in [6.07, 6.45) is 0. The summed E-state index contributed by atoms with van der Waals surface area (Å²) in [5.41, 5.74) is 4.28. The lowest BCUT2D eigenvalue weighted by Crippen LogP contribution is -2.17. The van der Waals surface area contributed by atoms with E-state index in [0.29, 0.717) is 28.6 Å². The van der Waals surface area contributed by atoms with Gasteiger partial charge in [-0.3, -0.25) is 14.2 Å². The first kappa shape index (κ1) is 19.0. The van der Waals surface area contributed by atoms with Crippen LogP contribution in [-0.2, 0) is 13.6 Å². The first-order valence-corrected chi connectivity index (χ1v) is 8.87. The minimum atomic E-state index is -0.310. The van der Waals surface area contributed by atoms with E-state index >= 15 is 0 Å². The smallest absolute Gasteiger partial charge is 0.275 e. The quantitative estimate of drug-likeness (QED) is 0.727. The number of amides is 1. The van der Waals surface area contributed by atoms with Gasteiger partial charge in [-0.2, -0.15) is 10.2 Å². The Labute approximate surface area is 162 Å². The van der Waals surface area contributed by atoms with Crippen LogP contribution < -0.4 is 10.1 Å². The topological polar surface area (TPSA) is 74.0 Å². The lowest BCUT2D eigenvalue weighted by Gasteiger charge is -2.09. The molecule has 0 saturated heterocycles. The third-order valence-corrected chi connectivity index (χ3v) is 4.90. The van der Waals surface area contributed by atoms with Crippen LogP contribution in [0, 0.1) is 20.8 Å². The van der Waals surface area contributed by atoms with E-state index in [1.165, 1.54) is 4.68 Å². The zero-order valence-electron chi connectivity index (χ0n) is 16.0. The second-order valence-corrected chi connectivity index (χ2v) is 6.76. The molecule has 0 bridgehead atoms. The summed E-state index contributed by atoms with van der Waals surface area (Å²) in [7, 11) is 3.33. The van der Waals surface area contributed by atoms with E-state index < -0.39 is 0 Å². The summed E-state index contributed by atoms with van der Waals surface area (Å²) in [6, 6.07) is 7.81. The van der Waals surface area contributed by atoms with Crippen LogP contribution in [0.4, 0.5) is 5.69 Å². The van der Waals surface area contributed by atoms with Crippen LogP contribution >= 0.6 is 11.6 Å². The van der Waals surface area contributed by atoms with Crippen molar-refractivity contribution >= 4 is 23.2 Å². The zero-order chi connectivity index (χ0) is 19.7. The van der Waals surface area contributed by atoms with Crippen LogP contribution in [0.15, 0.2) is 24.3 Å². The standard InChI is InChI=1S/C19H22ClN5O2/c1-11-16(20)18(24(4)22-11)19(26)21-17-12(2)23-25(13(17)3)10-14-7-6-8-15(9-14)27-5/h6-9H,10H2,1-5H3,(H,21,26). The van der Waals surface area contributed by atoms with Crippen molar-refractivity contribution in [2.45, 2.75) is 27.3 Å². The highest BCUT2D eigenvalue weighted by Crippen LogP contribution is 2.25. The second kappa shape index (κ2) is 7.44. The molecule has 7 nitrogen and oxygen atoms in total. The minimum absolute atomic E-state index is 0.310. The predicted octanol–water partition coefficient (Wildman–Crippen LogP) is 3.50. The van der Waals surface area contributed by atoms with Crippen LogP contribution in [0.1, 0.15) is 33.1 Å². The van der Waals surface area contributed by atoms with Gasteiger partial charge in [0.15, 0.2) is 0 Å². The number of hydrogen-bond acceptors (Lipinski definition) is 4. The molecular weight excluding hydrogens is 366 g/mol. The molecule has 0 aliphatic heterocycles. The minimum Gasteiger partial charge on any atom is -0.497 e. The molecule has 2 aromatic heterocycles. The highest BCUT2D eigenvalue weighted by atomic mass is 35.5. The predicted molar refractivity (Wildman–Crippen MR) is 105 cm³/mol. The van der Waals surface area contributed by atoms with E-state index in [1.807, 2.05) is 42.8 Å². The third-order valence-electron chi connectivity index (χ3n) is 4.45. The van der Waals surface area contributed by atoms with Crippen molar-refractivity contribution in [1.82, 2.24) is 19.6 Å². The maximum atomic E-state index is 12.7. The molecule has 1 aromatic carbocycles. The SMILES string of the molecule is COc1cccc(Cn2nc(C)c(NC(=O)c3c(Cl)c(C)nn3C)c2C)c1. The first-order valence-electron chi connectivity index (χ1n) is 8.49. The molecule has 0 fully saturated rings. The highest BCUT2D eigenvalue weighted by Gasteiger charge is 2.21. The largest absolute Gasteiger partial charge is 0.497 e. The number of aryl methyl sites for hydroxylation is 3. The zero-order valence-corrected chi connectivity index (χ0v) is 16.8. The van der Waals surface area contributed by atoms with Crippen LogP contribution in [-0.4, -0.2) is 32.6 Å². The number of aromatic nitrogens is 4. The molecule has 142 valence electrons. The Bertz CT molecular complexity index is 1010. The molecule has 1 N–H and O–H groups in total. The number of rotatable bonds is 5. The van der Waals surface area contributed by atoms with E-state index in [-0.39, 0.29) is 5.91 Å². The monoisotopic (exact) mass is 387 g/mol. The fourth-order valence-electron chi connectivity index (χ4n) is 3.03. The average molecular weight is 388 g/mol. The van der Waals surface area contributed by atoms with Crippen LogP contribution in [0.3, 0.4) is 0 Å². The summed E-state index contributed by atoms with van der Waals surface area (Å²) in [5.74, 6) is 0.485. The summed E-state index contributed by atoms with van der Waals surface area (Å²) < 4.78 is 8.61. The number of hydrogen-bond donors (Lipinski definition) is 1. The van der Waals surface area contributed by atoms with Crippen molar-refractivity contribution in [3.63, 3.8) is 0 Å². The molecule has 0 spiro atoms. The molecule has 3 rings (SSSR count). The molecule has 0 atom stereocenters. The van der Waals surface area contributed by atoms with Crippen molar-refractivity contribution in [3.05, 3.63) is 57.6 Å². The number of carbonyl (C=O) groups excluding carboxylic acids is 1. The molecule has 8 heteroatoms. The molecule has 0 unspecified atom stereocenters. The Morgan fingerprint density at radius 2 is 1.96 bits per heavy atom. The Kier molecular flexibility index (Phi) is 5.23. The molecule has 0 radical (unpaired) electrons. The van der Waals surface area contributed by atoms with Crippen molar-refractivity contribution in [3.8, 4) is 5.75 Å². The Morgan fingerprint density at radius 1 is 1.22 bits per heavy atom. The van der Waals surface area contributed by atoms with E-state index in [9.17, 15) is 4.79 Å². The molecule has 3 aromatic rings. The Morgan fingerprint density at radius 3 is 2.59 bits per heavy atom. The van der Waals surface area contributed by atoms with Crippen LogP contribution in [0.25, 0.3) is 0 Å². The van der Waals surface area contributed by atoms with Crippen molar-refractivity contribution in [1.29, 1.82) is 0 Å². The first-order chi connectivity index (χ1) is 12.8. The van der Waals surface area contributed by atoms with Gasteiger partial charge in [0.25, 0.3) is 5.91 Å². The summed E-state index contributed by atoms with van der Waals surface area (Å²) in [5, 5.41) is 12.0. The average Bonchev–Trinajstić information content (AvgIpc) is 3.04. The number of carbonyl (C=O) groups is 1. The molecular formula is C19H22ClN5O2. The normalized spacial score (nSPS) is 10.9. The molecule has 0 aliphatic rings. The fourth-order valence-corrected chi connectivity index (χ4v) is 3.27. The number of nitrogens with zero attached hydrogens (tertiary/aromatic N) is 4. The molecule has 27 heavy (non-hydrogen) atoms. The van der Waals surface area contributed by atoms with Gasteiger partial charge in [-0.15, -0.1) is 0 Å². The van der Waals surface area contributed by atoms with Crippen LogP contribution in [0.5, 0.6) is 5.75 Å². The summed E-state index contributed by atoms with van der Waals surface area (Å²) in [6.45, 7) is 6.12. The Hall–Kier alpha value is -2.80. The lowest BCUT2D eigenvalue weighted by molar-refractivity contribution is 0.101.